The van der Waals surface area contributed by atoms with E-state index in [9.17, 15) is 14.3 Å². The molecule has 2 heterocycles. The molecule has 1 aliphatic carbocycles. The van der Waals surface area contributed by atoms with Gasteiger partial charge >= 0.3 is 0 Å². The molecule has 132 valence electrons. The predicted octanol–water partition coefficient (Wildman–Crippen LogP) is 2.35. The number of aromatic nitrogens is 2. The Kier molecular flexibility index (Phi) is 3.92. The van der Waals surface area contributed by atoms with E-state index in [4.69, 9.17) is 17.3 Å². The maximum atomic E-state index is 13.8. The van der Waals surface area contributed by atoms with Crippen molar-refractivity contribution in [2.24, 2.45) is 0 Å². The SMILES string of the molecule is Nc1c2c(nn1C(=O)[C@H]1CCNc3c(Cl)cc(F)cc31)CC(O)CC2. The Hall–Kier alpha value is -2.12. The minimum atomic E-state index is -0.571. The van der Waals surface area contributed by atoms with Gasteiger partial charge in [-0.05, 0) is 37.0 Å². The van der Waals surface area contributed by atoms with Gasteiger partial charge in [-0.25, -0.2) is 4.39 Å². The number of nitrogen functional groups attached to an aromatic ring is 1. The van der Waals surface area contributed by atoms with Crippen LogP contribution < -0.4 is 11.1 Å². The lowest BCUT2D eigenvalue weighted by Crippen LogP contribution is -2.28. The van der Waals surface area contributed by atoms with Crippen LogP contribution in [0.15, 0.2) is 12.1 Å². The third kappa shape index (κ3) is 2.67. The second kappa shape index (κ2) is 6.00. The number of anilines is 2. The highest BCUT2D eigenvalue weighted by molar-refractivity contribution is 6.33. The number of nitrogens with one attached hydrogen (secondary N) is 1. The lowest BCUT2D eigenvalue weighted by molar-refractivity contribution is 0.0858. The number of aliphatic hydroxyl groups is 1. The van der Waals surface area contributed by atoms with Crippen LogP contribution in [0.5, 0.6) is 0 Å². The van der Waals surface area contributed by atoms with E-state index in [-0.39, 0.29) is 10.9 Å². The van der Waals surface area contributed by atoms with Crippen LogP contribution >= 0.6 is 11.6 Å². The second-order valence-corrected chi connectivity index (χ2v) is 6.98. The van der Waals surface area contributed by atoms with Gasteiger partial charge in [-0.3, -0.25) is 4.79 Å². The van der Waals surface area contributed by atoms with Crippen LogP contribution in [-0.2, 0) is 12.8 Å². The van der Waals surface area contributed by atoms with Crippen LogP contribution in [0.2, 0.25) is 5.02 Å². The monoisotopic (exact) mass is 364 g/mol. The standard InChI is InChI=1S/C17H18ClFN4O2/c18-13-6-8(19)5-12-10(3-4-21-15(12)13)17(25)23-16(20)11-2-1-9(24)7-14(11)22-23/h5-6,9-10,21,24H,1-4,7,20H2/t9?,10-/m0/s1. The van der Waals surface area contributed by atoms with Gasteiger partial charge in [-0.1, -0.05) is 11.6 Å². The van der Waals surface area contributed by atoms with Gasteiger partial charge in [0, 0.05) is 18.5 Å². The normalized spacial score (nSPS) is 22.0. The lowest BCUT2D eigenvalue weighted by atomic mass is 9.90. The quantitative estimate of drug-likeness (QED) is 0.722. The van der Waals surface area contributed by atoms with Gasteiger partial charge in [0.05, 0.1) is 28.4 Å². The summed E-state index contributed by atoms with van der Waals surface area (Å²) in [5.41, 5.74) is 8.73. The summed E-state index contributed by atoms with van der Waals surface area (Å²) in [5.74, 6) is -1.04. The molecule has 0 spiro atoms. The number of benzene rings is 1. The average molecular weight is 365 g/mol. The first-order valence-corrected chi connectivity index (χ1v) is 8.65. The maximum Gasteiger partial charge on any atom is 0.256 e. The molecule has 4 N–H and O–H groups in total. The van der Waals surface area contributed by atoms with Crippen molar-refractivity contribution in [3.05, 3.63) is 39.8 Å². The highest BCUT2D eigenvalue weighted by atomic mass is 35.5. The molecule has 0 radical (unpaired) electrons. The maximum absolute atomic E-state index is 13.8. The van der Waals surface area contributed by atoms with Crippen LogP contribution in [0.1, 0.15) is 40.4 Å². The van der Waals surface area contributed by atoms with E-state index in [1.807, 2.05) is 0 Å². The van der Waals surface area contributed by atoms with Gasteiger partial charge in [0.15, 0.2) is 0 Å². The first-order chi connectivity index (χ1) is 12.0. The molecule has 4 rings (SSSR count). The van der Waals surface area contributed by atoms with Gasteiger partial charge in [-0.15, -0.1) is 0 Å². The number of carbonyl (C=O) groups excluding carboxylic acids is 1. The minimum absolute atomic E-state index is 0.253. The first kappa shape index (κ1) is 16.4. The Morgan fingerprint density at radius 3 is 3.04 bits per heavy atom. The molecule has 1 unspecified atom stereocenters. The zero-order valence-corrected chi connectivity index (χ0v) is 14.2. The van der Waals surface area contributed by atoms with E-state index in [0.29, 0.717) is 55.0 Å². The topological polar surface area (TPSA) is 93.2 Å². The van der Waals surface area contributed by atoms with Gasteiger partial charge in [0.1, 0.15) is 11.6 Å². The average Bonchev–Trinajstić information content (AvgIpc) is 2.89. The van der Waals surface area contributed by atoms with Gasteiger partial charge < -0.3 is 16.2 Å². The fourth-order valence-corrected chi connectivity index (χ4v) is 3.99. The summed E-state index contributed by atoms with van der Waals surface area (Å²) in [6.45, 7) is 0.550. The highest BCUT2D eigenvalue weighted by Gasteiger charge is 2.33. The van der Waals surface area contributed by atoms with Gasteiger partial charge in [0.2, 0.25) is 0 Å². The summed E-state index contributed by atoms with van der Waals surface area (Å²) >= 11 is 6.10. The molecular weight excluding hydrogens is 347 g/mol. The number of nitrogens with zero attached hydrogens (tertiary/aromatic N) is 2. The number of hydrogen-bond acceptors (Lipinski definition) is 5. The van der Waals surface area contributed by atoms with Crippen LogP contribution in [-0.4, -0.2) is 33.4 Å². The molecule has 1 aromatic carbocycles. The molecule has 0 saturated heterocycles. The molecule has 1 aromatic heterocycles. The van der Waals surface area contributed by atoms with E-state index in [1.54, 1.807) is 0 Å². The van der Waals surface area contributed by atoms with Gasteiger partial charge in [0.25, 0.3) is 5.91 Å². The largest absolute Gasteiger partial charge is 0.393 e. The second-order valence-electron chi connectivity index (χ2n) is 6.58. The van der Waals surface area contributed by atoms with E-state index < -0.39 is 17.8 Å². The van der Waals surface area contributed by atoms with Crippen molar-refractivity contribution in [2.45, 2.75) is 37.7 Å². The third-order valence-electron chi connectivity index (χ3n) is 4.97. The lowest BCUT2D eigenvalue weighted by Gasteiger charge is -2.26. The Labute approximate surface area is 148 Å². The van der Waals surface area contributed by atoms with Gasteiger partial charge in [-0.2, -0.15) is 9.78 Å². The number of rotatable bonds is 1. The van der Waals surface area contributed by atoms with E-state index >= 15 is 0 Å². The van der Waals surface area contributed by atoms with Crippen molar-refractivity contribution in [3.8, 4) is 0 Å². The Balaban J connectivity index is 1.74. The summed E-state index contributed by atoms with van der Waals surface area (Å²) in [6, 6.07) is 2.56. The fourth-order valence-electron chi connectivity index (χ4n) is 3.71. The predicted molar refractivity (Wildman–Crippen MR) is 92.6 cm³/mol. The molecular formula is C17H18ClFN4O2. The van der Waals surface area contributed by atoms with E-state index in [1.165, 1.54) is 16.8 Å². The van der Waals surface area contributed by atoms with Crippen molar-refractivity contribution >= 4 is 29.0 Å². The van der Waals surface area contributed by atoms with Crippen molar-refractivity contribution in [2.75, 3.05) is 17.6 Å². The molecule has 0 amide bonds. The summed E-state index contributed by atoms with van der Waals surface area (Å²) in [7, 11) is 0. The molecule has 8 heteroatoms. The number of carbonyl (C=O) groups is 1. The number of nitrogens with two attached hydrogens (primary N) is 1. The fraction of sp³-hybridized carbons (Fsp3) is 0.412. The molecule has 1 aliphatic heterocycles. The van der Waals surface area contributed by atoms with Crippen LogP contribution in [0.25, 0.3) is 0 Å². The Morgan fingerprint density at radius 1 is 1.44 bits per heavy atom. The van der Waals surface area contributed by atoms with Crippen LogP contribution in [0, 0.1) is 5.82 Å². The van der Waals surface area contributed by atoms with E-state index in [2.05, 4.69) is 10.4 Å². The molecule has 0 fully saturated rings. The Bertz CT molecular complexity index is 867. The summed E-state index contributed by atoms with van der Waals surface area (Å²) < 4.78 is 15.0. The van der Waals surface area contributed by atoms with Crippen LogP contribution in [0.3, 0.4) is 0 Å². The number of halogens is 2. The molecule has 2 aromatic rings. The van der Waals surface area contributed by atoms with Crippen molar-refractivity contribution in [1.29, 1.82) is 0 Å². The molecule has 0 saturated carbocycles. The minimum Gasteiger partial charge on any atom is -0.393 e. The number of fused-ring (bicyclic) bond motifs is 2. The number of hydrogen-bond donors (Lipinski definition) is 3. The first-order valence-electron chi connectivity index (χ1n) is 8.27. The van der Waals surface area contributed by atoms with Crippen molar-refractivity contribution < 1.29 is 14.3 Å². The molecule has 0 bridgehead atoms. The smallest absolute Gasteiger partial charge is 0.256 e. The molecule has 25 heavy (non-hydrogen) atoms. The summed E-state index contributed by atoms with van der Waals surface area (Å²) in [4.78, 5) is 13.1. The van der Waals surface area contributed by atoms with Crippen molar-refractivity contribution in [3.63, 3.8) is 0 Å². The Morgan fingerprint density at radius 2 is 2.24 bits per heavy atom. The summed E-state index contributed by atoms with van der Waals surface area (Å²) in [6.07, 6.45) is 1.63. The van der Waals surface area contributed by atoms with E-state index in [0.717, 1.165) is 5.56 Å². The highest BCUT2D eigenvalue weighted by Crippen LogP contribution is 2.39. The number of aliphatic hydroxyl groups excluding tert-OH is 1. The zero-order valence-electron chi connectivity index (χ0n) is 13.4. The molecule has 6 nitrogen and oxygen atoms in total. The summed E-state index contributed by atoms with van der Waals surface area (Å²) in [5, 5.41) is 17.5. The van der Waals surface area contributed by atoms with Crippen molar-refractivity contribution in [1.82, 2.24) is 9.78 Å². The zero-order chi connectivity index (χ0) is 17.7. The van der Waals surface area contributed by atoms with Crippen LogP contribution in [0.4, 0.5) is 15.9 Å². The molecule has 2 atom stereocenters. The third-order valence-corrected chi connectivity index (χ3v) is 5.26. The molecule has 2 aliphatic rings.